The fourth-order valence-electron chi connectivity index (χ4n) is 1.98. The first-order valence-corrected chi connectivity index (χ1v) is 7.50. The van der Waals surface area contributed by atoms with Gasteiger partial charge in [-0.2, -0.15) is 0 Å². The summed E-state index contributed by atoms with van der Waals surface area (Å²) in [5.74, 6) is 0.155. The largest absolute Gasteiger partial charge is 0.409 e. The van der Waals surface area contributed by atoms with Crippen LogP contribution in [0.15, 0.2) is 58.2 Å². The number of amidine groups is 1. The Morgan fingerprint density at radius 2 is 2.00 bits per heavy atom. The summed E-state index contributed by atoms with van der Waals surface area (Å²) in [6.45, 7) is 0. The van der Waals surface area contributed by atoms with Crippen molar-refractivity contribution >= 4 is 39.1 Å². The summed E-state index contributed by atoms with van der Waals surface area (Å²) in [7, 11) is 0. The molecule has 0 saturated carbocycles. The van der Waals surface area contributed by atoms with Crippen LogP contribution in [0.3, 0.4) is 0 Å². The standard InChI is InChI=1S/C15H15BrClN3O/c16-11-6-7-12(17)14(8-11)19-13(9-15(18)20-21)10-4-2-1-3-5-10/h1-8,13,19,21H,9H2,(H2,18,20). The molecule has 0 radical (unpaired) electrons. The van der Waals surface area contributed by atoms with E-state index in [0.29, 0.717) is 11.4 Å². The van der Waals surface area contributed by atoms with Crippen molar-refractivity contribution in [3.63, 3.8) is 0 Å². The number of nitrogens with zero attached hydrogens (tertiary/aromatic N) is 1. The van der Waals surface area contributed by atoms with E-state index >= 15 is 0 Å². The van der Waals surface area contributed by atoms with Crippen molar-refractivity contribution in [2.45, 2.75) is 12.5 Å². The lowest BCUT2D eigenvalue weighted by molar-refractivity contribution is 0.316. The Bertz CT molecular complexity index is 634. The molecule has 2 aromatic carbocycles. The number of nitrogens with one attached hydrogen (secondary N) is 1. The molecule has 1 atom stereocenters. The van der Waals surface area contributed by atoms with Gasteiger partial charge in [0.25, 0.3) is 0 Å². The number of halogens is 2. The molecule has 2 aromatic rings. The molecule has 0 aromatic heterocycles. The van der Waals surface area contributed by atoms with Crippen molar-refractivity contribution < 1.29 is 5.21 Å². The van der Waals surface area contributed by atoms with Crippen molar-refractivity contribution in [2.75, 3.05) is 5.32 Å². The molecule has 4 nitrogen and oxygen atoms in total. The first-order valence-electron chi connectivity index (χ1n) is 6.33. The number of hydrogen-bond donors (Lipinski definition) is 3. The molecule has 0 aliphatic heterocycles. The summed E-state index contributed by atoms with van der Waals surface area (Å²) in [6.07, 6.45) is 0.364. The van der Waals surface area contributed by atoms with Crippen molar-refractivity contribution in [1.82, 2.24) is 0 Å². The van der Waals surface area contributed by atoms with Gasteiger partial charge >= 0.3 is 0 Å². The lowest BCUT2D eigenvalue weighted by Gasteiger charge is -2.21. The van der Waals surface area contributed by atoms with Crippen LogP contribution in [0.5, 0.6) is 0 Å². The van der Waals surface area contributed by atoms with Gasteiger partial charge in [-0.05, 0) is 23.8 Å². The maximum atomic E-state index is 8.80. The summed E-state index contributed by atoms with van der Waals surface area (Å²) in [5, 5.41) is 15.8. The third kappa shape index (κ3) is 4.37. The number of rotatable bonds is 5. The Kier molecular flexibility index (Phi) is 5.47. The SMILES string of the molecule is NC(CC(Nc1cc(Br)ccc1Cl)c1ccccc1)=NO. The van der Waals surface area contributed by atoms with Gasteiger partial charge in [0.15, 0.2) is 0 Å². The number of nitrogens with two attached hydrogens (primary N) is 1. The molecule has 0 aliphatic carbocycles. The van der Waals surface area contributed by atoms with Gasteiger partial charge < -0.3 is 16.3 Å². The van der Waals surface area contributed by atoms with E-state index in [2.05, 4.69) is 26.4 Å². The van der Waals surface area contributed by atoms with Gasteiger partial charge in [0.2, 0.25) is 0 Å². The van der Waals surface area contributed by atoms with Crippen LogP contribution in [0.25, 0.3) is 0 Å². The van der Waals surface area contributed by atoms with Crippen molar-refractivity contribution in [3.8, 4) is 0 Å². The summed E-state index contributed by atoms with van der Waals surface area (Å²) in [6, 6.07) is 15.2. The Morgan fingerprint density at radius 3 is 2.67 bits per heavy atom. The van der Waals surface area contributed by atoms with Crippen LogP contribution < -0.4 is 11.1 Å². The molecule has 2 rings (SSSR count). The minimum absolute atomic E-state index is 0.145. The van der Waals surface area contributed by atoms with E-state index in [4.69, 9.17) is 22.5 Å². The lowest BCUT2D eigenvalue weighted by atomic mass is 10.0. The van der Waals surface area contributed by atoms with E-state index in [0.717, 1.165) is 15.7 Å². The highest BCUT2D eigenvalue weighted by atomic mass is 79.9. The van der Waals surface area contributed by atoms with Crippen LogP contribution in [0.2, 0.25) is 5.02 Å². The number of hydrogen-bond acceptors (Lipinski definition) is 3. The summed E-state index contributed by atoms with van der Waals surface area (Å²) in [5.41, 5.74) is 7.46. The lowest BCUT2D eigenvalue weighted by Crippen LogP contribution is -2.21. The van der Waals surface area contributed by atoms with E-state index in [1.165, 1.54) is 0 Å². The van der Waals surface area contributed by atoms with E-state index in [1.54, 1.807) is 6.07 Å². The maximum absolute atomic E-state index is 8.80. The van der Waals surface area contributed by atoms with Gasteiger partial charge in [0.05, 0.1) is 16.8 Å². The second-order valence-electron chi connectivity index (χ2n) is 4.53. The second kappa shape index (κ2) is 7.33. The fourth-order valence-corrected chi connectivity index (χ4v) is 2.52. The molecule has 0 fully saturated rings. The van der Waals surface area contributed by atoms with Crippen LogP contribution in [-0.4, -0.2) is 11.0 Å². The quantitative estimate of drug-likeness (QED) is 0.317. The topological polar surface area (TPSA) is 70.6 Å². The third-order valence-corrected chi connectivity index (χ3v) is 3.82. The van der Waals surface area contributed by atoms with Gasteiger partial charge in [0.1, 0.15) is 5.84 Å². The molecule has 21 heavy (non-hydrogen) atoms. The van der Waals surface area contributed by atoms with E-state index in [9.17, 15) is 0 Å². The number of anilines is 1. The van der Waals surface area contributed by atoms with Gasteiger partial charge in [0, 0.05) is 10.9 Å². The second-order valence-corrected chi connectivity index (χ2v) is 5.85. The zero-order valence-corrected chi connectivity index (χ0v) is 13.5. The summed E-state index contributed by atoms with van der Waals surface area (Å²) in [4.78, 5) is 0. The van der Waals surface area contributed by atoms with E-state index in [-0.39, 0.29) is 11.9 Å². The summed E-state index contributed by atoms with van der Waals surface area (Å²) >= 11 is 9.62. The molecule has 110 valence electrons. The average molecular weight is 369 g/mol. The van der Waals surface area contributed by atoms with Gasteiger partial charge in [-0.15, -0.1) is 0 Å². The molecule has 1 unspecified atom stereocenters. The molecule has 0 saturated heterocycles. The molecule has 0 bridgehead atoms. The van der Waals surface area contributed by atoms with Crippen LogP contribution >= 0.6 is 27.5 Å². The van der Waals surface area contributed by atoms with Crippen molar-refractivity contribution in [2.24, 2.45) is 10.9 Å². The van der Waals surface area contributed by atoms with Gasteiger partial charge in [-0.3, -0.25) is 0 Å². The van der Waals surface area contributed by atoms with E-state index < -0.39 is 0 Å². The normalized spacial score (nSPS) is 13.0. The highest BCUT2D eigenvalue weighted by Gasteiger charge is 2.15. The predicted molar refractivity (Wildman–Crippen MR) is 90.0 cm³/mol. The molecule has 6 heteroatoms. The van der Waals surface area contributed by atoms with E-state index in [1.807, 2.05) is 42.5 Å². The minimum Gasteiger partial charge on any atom is -0.409 e. The molecule has 0 aliphatic rings. The Hall–Kier alpha value is -1.72. The predicted octanol–water partition coefficient (Wildman–Crippen LogP) is 4.39. The monoisotopic (exact) mass is 367 g/mol. The first-order chi connectivity index (χ1) is 10.1. The molecule has 0 heterocycles. The van der Waals surface area contributed by atoms with Gasteiger partial charge in [-0.1, -0.05) is 63.0 Å². The zero-order valence-electron chi connectivity index (χ0n) is 11.1. The van der Waals surface area contributed by atoms with Crippen LogP contribution in [-0.2, 0) is 0 Å². The highest BCUT2D eigenvalue weighted by molar-refractivity contribution is 9.10. The Labute approximate surface area is 136 Å². The fraction of sp³-hybridized carbons (Fsp3) is 0.133. The first kappa shape index (κ1) is 15.7. The van der Waals surface area contributed by atoms with Crippen LogP contribution in [0.1, 0.15) is 18.0 Å². The van der Waals surface area contributed by atoms with Crippen molar-refractivity contribution in [3.05, 3.63) is 63.6 Å². The van der Waals surface area contributed by atoms with Crippen LogP contribution in [0.4, 0.5) is 5.69 Å². The zero-order chi connectivity index (χ0) is 15.2. The minimum atomic E-state index is -0.145. The highest BCUT2D eigenvalue weighted by Crippen LogP contribution is 2.30. The molecular formula is C15H15BrClN3O. The molecule has 0 spiro atoms. The molecule has 4 N–H and O–H groups in total. The smallest absolute Gasteiger partial charge is 0.141 e. The summed E-state index contributed by atoms with van der Waals surface area (Å²) < 4.78 is 0.921. The Balaban J connectivity index is 2.29. The maximum Gasteiger partial charge on any atom is 0.141 e. The molecule has 0 amide bonds. The van der Waals surface area contributed by atoms with Gasteiger partial charge in [-0.25, -0.2) is 0 Å². The van der Waals surface area contributed by atoms with Crippen molar-refractivity contribution in [1.29, 1.82) is 0 Å². The third-order valence-electron chi connectivity index (χ3n) is 3.00. The number of benzene rings is 2. The average Bonchev–Trinajstić information content (AvgIpc) is 2.51. The Morgan fingerprint density at radius 1 is 1.29 bits per heavy atom. The van der Waals surface area contributed by atoms with Crippen LogP contribution in [0, 0.1) is 0 Å². The molecular weight excluding hydrogens is 354 g/mol. The number of oxime groups is 1.